The number of halogens is 3. The number of aromatic nitrogens is 3. The molecule has 1 aromatic carbocycles. The van der Waals surface area contributed by atoms with Gasteiger partial charge in [-0.05, 0) is 18.6 Å². The molecule has 2 rings (SSSR count). The summed E-state index contributed by atoms with van der Waals surface area (Å²) in [6, 6.07) is 1.71. The second-order valence-corrected chi connectivity index (χ2v) is 4.39. The third-order valence-electron chi connectivity index (χ3n) is 2.95. The van der Waals surface area contributed by atoms with Crippen LogP contribution in [0.4, 0.5) is 13.2 Å². The second-order valence-electron chi connectivity index (χ2n) is 4.39. The van der Waals surface area contributed by atoms with Gasteiger partial charge in [0.05, 0.1) is 0 Å². The van der Waals surface area contributed by atoms with Crippen molar-refractivity contribution in [2.24, 2.45) is 0 Å². The molecule has 5 nitrogen and oxygen atoms in total. The second kappa shape index (κ2) is 5.94. The van der Waals surface area contributed by atoms with Gasteiger partial charge in [-0.1, -0.05) is 18.6 Å². The molecule has 0 saturated heterocycles. The molecule has 0 unspecified atom stereocenters. The first-order valence-electron chi connectivity index (χ1n) is 6.28. The molecule has 2 aromatic rings. The van der Waals surface area contributed by atoms with Gasteiger partial charge in [-0.15, -0.1) is 5.10 Å². The summed E-state index contributed by atoms with van der Waals surface area (Å²) in [5.41, 5.74) is -1.06. The average molecular weight is 299 g/mol. The molecule has 1 heterocycles. The summed E-state index contributed by atoms with van der Waals surface area (Å²) in [6.45, 7) is 2.21. The lowest BCUT2D eigenvalue weighted by atomic mass is 10.1. The van der Waals surface area contributed by atoms with E-state index in [9.17, 15) is 18.0 Å². The molecule has 0 aliphatic rings. The maximum absolute atomic E-state index is 13.9. The van der Waals surface area contributed by atoms with Crippen LogP contribution in [0.5, 0.6) is 0 Å². The Hall–Kier alpha value is -2.38. The highest BCUT2D eigenvalue weighted by molar-refractivity contribution is 5.92. The Morgan fingerprint density at radius 2 is 2.00 bits per heavy atom. The van der Waals surface area contributed by atoms with Crippen molar-refractivity contribution in [2.75, 3.05) is 0 Å². The van der Waals surface area contributed by atoms with Gasteiger partial charge < -0.3 is 5.11 Å². The quantitative estimate of drug-likeness (QED) is 0.862. The molecular formula is C13H12F3N3O2. The van der Waals surface area contributed by atoms with Crippen LogP contribution in [0.1, 0.15) is 30.3 Å². The van der Waals surface area contributed by atoms with E-state index in [0.717, 1.165) is 18.6 Å². The minimum absolute atomic E-state index is 0.174. The molecule has 112 valence electrons. The van der Waals surface area contributed by atoms with Crippen LogP contribution in [0, 0.1) is 17.5 Å². The Labute approximate surface area is 118 Å². The maximum atomic E-state index is 13.9. The number of unbranched alkanes of at least 4 members (excludes halogenated alkanes) is 1. The summed E-state index contributed by atoms with van der Waals surface area (Å²) in [5.74, 6) is -5.89. The van der Waals surface area contributed by atoms with E-state index < -0.39 is 29.1 Å². The molecule has 0 saturated carbocycles. The van der Waals surface area contributed by atoms with Gasteiger partial charge in [-0.25, -0.2) is 22.6 Å². The van der Waals surface area contributed by atoms with Crippen molar-refractivity contribution in [2.45, 2.75) is 26.3 Å². The molecule has 21 heavy (non-hydrogen) atoms. The fourth-order valence-corrected chi connectivity index (χ4v) is 1.90. The van der Waals surface area contributed by atoms with E-state index in [2.05, 4.69) is 10.3 Å². The van der Waals surface area contributed by atoms with Gasteiger partial charge in [0, 0.05) is 12.1 Å². The average Bonchev–Trinajstić information content (AvgIpc) is 2.86. The first-order valence-corrected chi connectivity index (χ1v) is 6.28. The molecule has 0 radical (unpaired) electrons. The van der Waals surface area contributed by atoms with Crippen LogP contribution in [0.25, 0.3) is 11.3 Å². The number of aromatic carboxylic acids is 1. The highest BCUT2D eigenvalue weighted by atomic mass is 19.2. The van der Waals surface area contributed by atoms with Crippen LogP contribution in [0.3, 0.4) is 0 Å². The van der Waals surface area contributed by atoms with Crippen molar-refractivity contribution in [3.63, 3.8) is 0 Å². The zero-order valence-corrected chi connectivity index (χ0v) is 11.1. The highest BCUT2D eigenvalue weighted by Gasteiger charge is 2.25. The van der Waals surface area contributed by atoms with Gasteiger partial charge in [0.1, 0.15) is 5.69 Å². The first-order chi connectivity index (χ1) is 9.97. The zero-order chi connectivity index (χ0) is 15.6. The lowest BCUT2D eigenvalue weighted by Crippen LogP contribution is -2.07. The van der Waals surface area contributed by atoms with Crippen LogP contribution < -0.4 is 0 Å². The van der Waals surface area contributed by atoms with Crippen LogP contribution in [0.15, 0.2) is 12.1 Å². The van der Waals surface area contributed by atoms with E-state index in [1.807, 2.05) is 6.92 Å². The topological polar surface area (TPSA) is 68.0 Å². The standard InChI is InChI=1S/C13H12F3N3O2/c1-2-3-6-19-12(11(13(20)21)17-18-19)7-4-5-8(14)10(16)9(7)15/h4-5H,2-3,6H2,1H3,(H,20,21). The van der Waals surface area contributed by atoms with Gasteiger partial charge in [-0.2, -0.15) is 0 Å². The van der Waals surface area contributed by atoms with E-state index in [-0.39, 0.29) is 11.3 Å². The maximum Gasteiger partial charge on any atom is 0.358 e. The number of benzene rings is 1. The Kier molecular flexibility index (Phi) is 4.25. The Morgan fingerprint density at radius 3 is 2.62 bits per heavy atom. The normalized spacial score (nSPS) is 10.9. The van der Waals surface area contributed by atoms with Gasteiger partial charge in [0.15, 0.2) is 23.1 Å². The van der Waals surface area contributed by atoms with Crippen LogP contribution >= 0.6 is 0 Å². The molecule has 0 amide bonds. The van der Waals surface area contributed by atoms with E-state index in [1.165, 1.54) is 4.68 Å². The van der Waals surface area contributed by atoms with Crippen molar-refractivity contribution in [1.82, 2.24) is 15.0 Å². The van der Waals surface area contributed by atoms with Crippen molar-refractivity contribution in [1.29, 1.82) is 0 Å². The zero-order valence-electron chi connectivity index (χ0n) is 11.1. The monoisotopic (exact) mass is 299 g/mol. The van der Waals surface area contributed by atoms with Crippen molar-refractivity contribution in [3.8, 4) is 11.3 Å². The predicted octanol–water partition coefficient (Wildman–Crippen LogP) is 2.86. The summed E-state index contributed by atoms with van der Waals surface area (Å²) >= 11 is 0. The molecular weight excluding hydrogens is 287 g/mol. The number of nitrogens with zero attached hydrogens (tertiary/aromatic N) is 3. The Morgan fingerprint density at radius 1 is 1.29 bits per heavy atom. The highest BCUT2D eigenvalue weighted by Crippen LogP contribution is 2.28. The first kappa shape index (κ1) is 15.0. The van der Waals surface area contributed by atoms with Crippen molar-refractivity contribution >= 4 is 5.97 Å². The van der Waals surface area contributed by atoms with E-state index in [4.69, 9.17) is 5.11 Å². The van der Waals surface area contributed by atoms with Crippen molar-refractivity contribution < 1.29 is 23.1 Å². The van der Waals surface area contributed by atoms with Gasteiger partial charge >= 0.3 is 5.97 Å². The van der Waals surface area contributed by atoms with Gasteiger partial charge in [-0.3, -0.25) is 0 Å². The summed E-state index contributed by atoms with van der Waals surface area (Å²) in [5, 5.41) is 16.2. The van der Waals surface area contributed by atoms with E-state index in [1.54, 1.807) is 0 Å². The van der Waals surface area contributed by atoms with Crippen LogP contribution in [-0.2, 0) is 6.54 Å². The third-order valence-corrected chi connectivity index (χ3v) is 2.95. The SMILES string of the molecule is CCCCn1nnc(C(=O)O)c1-c1ccc(F)c(F)c1F. The Bertz CT molecular complexity index is 686. The van der Waals surface area contributed by atoms with Gasteiger partial charge in [0.2, 0.25) is 0 Å². The molecule has 0 aliphatic heterocycles. The molecule has 0 atom stereocenters. The molecule has 0 aliphatic carbocycles. The molecule has 1 aromatic heterocycles. The predicted molar refractivity (Wildman–Crippen MR) is 67.2 cm³/mol. The third kappa shape index (κ3) is 2.74. The smallest absolute Gasteiger partial charge is 0.358 e. The van der Waals surface area contributed by atoms with E-state index >= 15 is 0 Å². The number of aryl methyl sites for hydroxylation is 1. The minimum Gasteiger partial charge on any atom is -0.476 e. The van der Waals surface area contributed by atoms with E-state index in [0.29, 0.717) is 13.0 Å². The molecule has 0 bridgehead atoms. The molecule has 0 fully saturated rings. The number of rotatable bonds is 5. The number of hydrogen-bond donors (Lipinski definition) is 1. The largest absolute Gasteiger partial charge is 0.476 e. The summed E-state index contributed by atoms with van der Waals surface area (Å²) in [7, 11) is 0. The lowest BCUT2D eigenvalue weighted by molar-refractivity contribution is 0.0691. The Balaban J connectivity index is 2.63. The van der Waals surface area contributed by atoms with Crippen LogP contribution in [-0.4, -0.2) is 26.1 Å². The van der Waals surface area contributed by atoms with Gasteiger partial charge in [0.25, 0.3) is 0 Å². The van der Waals surface area contributed by atoms with Crippen molar-refractivity contribution in [3.05, 3.63) is 35.3 Å². The number of carboxylic acids is 1. The number of carboxylic acid groups (broad SMARTS) is 1. The van der Waals surface area contributed by atoms with Crippen LogP contribution in [0.2, 0.25) is 0 Å². The molecule has 8 heteroatoms. The minimum atomic E-state index is -1.66. The molecule has 0 spiro atoms. The number of carbonyl (C=O) groups is 1. The summed E-state index contributed by atoms with van der Waals surface area (Å²) in [4.78, 5) is 11.1. The summed E-state index contributed by atoms with van der Waals surface area (Å²) < 4.78 is 41.4. The fraction of sp³-hybridized carbons (Fsp3) is 0.308. The number of hydrogen-bond acceptors (Lipinski definition) is 3. The fourth-order valence-electron chi connectivity index (χ4n) is 1.90. The molecule has 1 N–H and O–H groups in total. The lowest BCUT2D eigenvalue weighted by Gasteiger charge is -2.08. The summed E-state index contributed by atoms with van der Waals surface area (Å²) in [6.07, 6.45) is 1.45.